The highest BCUT2D eigenvalue weighted by Gasteiger charge is 2.34. The molecule has 2 N–H and O–H groups in total. The number of hydrogen-bond acceptors (Lipinski definition) is 5. The lowest BCUT2D eigenvalue weighted by Gasteiger charge is -2.36. The minimum absolute atomic E-state index is 0.0757. The molecule has 1 aromatic rings. The van der Waals surface area contributed by atoms with E-state index in [1.54, 1.807) is 0 Å². The molecule has 1 aromatic heterocycles. The van der Waals surface area contributed by atoms with Crippen LogP contribution < -0.4 is 5.73 Å². The van der Waals surface area contributed by atoms with Crippen molar-refractivity contribution in [1.29, 1.82) is 0 Å². The number of nitrogens with two attached hydrogens (primary N) is 1. The summed E-state index contributed by atoms with van der Waals surface area (Å²) in [6.45, 7) is 4.41. The summed E-state index contributed by atoms with van der Waals surface area (Å²) in [5, 5.41) is 4.65. The molecule has 1 atom stereocenters. The third kappa shape index (κ3) is 3.45. The predicted molar refractivity (Wildman–Crippen MR) is 69.8 cm³/mol. The molecule has 1 saturated carbocycles. The highest BCUT2D eigenvalue weighted by molar-refractivity contribution is 7.99. The molecule has 1 heterocycles. The van der Waals surface area contributed by atoms with Gasteiger partial charge in [0.05, 0.1) is 5.75 Å². The van der Waals surface area contributed by atoms with E-state index in [1.807, 2.05) is 11.8 Å². The Morgan fingerprint density at radius 1 is 1.53 bits per heavy atom. The van der Waals surface area contributed by atoms with Gasteiger partial charge in [-0.15, -0.1) is 0 Å². The standard InChI is InChI=1S/C12H21N3OS/c1-3-9(2)17-8-10-14-11(16-15-10)7-12(13)5-4-6-12/h9H,3-8,13H2,1-2H3. The summed E-state index contributed by atoms with van der Waals surface area (Å²) >= 11 is 1.86. The van der Waals surface area contributed by atoms with E-state index >= 15 is 0 Å². The summed E-state index contributed by atoms with van der Waals surface area (Å²) in [4.78, 5) is 4.40. The predicted octanol–water partition coefficient (Wildman–Crippen LogP) is 2.53. The Morgan fingerprint density at radius 3 is 2.88 bits per heavy atom. The molecule has 96 valence electrons. The molecule has 0 bridgehead atoms. The number of thioether (sulfide) groups is 1. The van der Waals surface area contributed by atoms with Gasteiger partial charge >= 0.3 is 0 Å². The molecule has 5 heteroatoms. The van der Waals surface area contributed by atoms with Crippen molar-refractivity contribution in [2.24, 2.45) is 5.73 Å². The van der Waals surface area contributed by atoms with E-state index < -0.39 is 0 Å². The molecule has 0 aromatic carbocycles. The number of aromatic nitrogens is 2. The van der Waals surface area contributed by atoms with E-state index in [4.69, 9.17) is 10.3 Å². The fraction of sp³-hybridized carbons (Fsp3) is 0.833. The number of rotatable bonds is 6. The Labute approximate surface area is 107 Å². The molecule has 0 radical (unpaired) electrons. The maximum atomic E-state index is 6.15. The molecule has 1 unspecified atom stereocenters. The summed E-state index contributed by atoms with van der Waals surface area (Å²) < 4.78 is 5.25. The second-order valence-electron chi connectivity index (χ2n) is 5.03. The second-order valence-corrected chi connectivity index (χ2v) is 6.45. The zero-order valence-corrected chi connectivity index (χ0v) is 11.4. The Morgan fingerprint density at radius 2 is 2.29 bits per heavy atom. The van der Waals surface area contributed by atoms with Crippen LogP contribution in [0.2, 0.25) is 0 Å². The van der Waals surface area contributed by atoms with Crippen LogP contribution in [0.1, 0.15) is 51.2 Å². The molecule has 4 nitrogen and oxygen atoms in total. The van der Waals surface area contributed by atoms with Crippen molar-refractivity contribution in [1.82, 2.24) is 10.1 Å². The third-order valence-electron chi connectivity index (χ3n) is 3.43. The number of hydrogen-bond donors (Lipinski definition) is 1. The van der Waals surface area contributed by atoms with E-state index in [1.165, 1.54) is 12.8 Å². The lowest BCUT2D eigenvalue weighted by atomic mass is 9.75. The van der Waals surface area contributed by atoms with Crippen molar-refractivity contribution in [3.05, 3.63) is 11.7 Å². The van der Waals surface area contributed by atoms with Gasteiger partial charge in [-0.3, -0.25) is 0 Å². The first-order valence-electron chi connectivity index (χ1n) is 6.33. The van der Waals surface area contributed by atoms with Gasteiger partial charge in [0, 0.05) is 17.2 Å². The molecule has 1 aliphatic carbocycles. The largest absolute Gasteiger partial charge is 0.339 e. The molecular formula is C12H21N3OS. The molecule has 0 saturated heterocycles. The van der Waals surface area contributed by atoms with Gasteiger partial charge in [-0.2, -0.15) is 16.7 Å². The smallest absolute Gasteiger partial charge is 0.228 e. The average molecular weight is 255 g/mol. The van der Waals surface area contributed by atoms with E-state index in [0.29, 0.717) is 11.1 Å². The SMILES string of the molecule is CCC(C)SCc1noc(CC2(N)CCC2)n1. The summed E-state index contributed by atoms with van der Waals surface area (Å²) in [5.41, 5.74) is 6.08. The molecule has 17 heavy (non-hydrogen) atoms. The van der Waals surface area contributed by atoms with Crippen LogP contribution in [0.15, 0.2) is 4.52 Å². The van der Waals surface area contributed by atoms with Crippen LogP contribution in [0.5, 0.6) is 0 Å². The molecule has 2 rings (SSSR count). The minimum atomic E-state index is -0.0757. The van der Waals surface area contributed by atoms with E-state index in [2.05, 4.69) is 24.0 Å². The normalized spacial score (nSPS) is 19.9. The van der Waals surface area contributed by atoms with Crippen molar-refractivity contribution >= 4 is 11.8 Å². The lowest BCUT2D eigenvalue weighted by molar-refractivity contribution is 0.221. The van der Waals surface area contributed by atoms with Crippen molar-refractivity contribution < 1.29 is 4.52 Å². The Hall–Kier alpha value is -0.550. The summed E-state index contributed by atoms with van der Waals surface area (Å²) in [7, 11) is 0. The van der Waals surface area contributed by atoms with Crippen molar-refractivity contribution in [3.8, 4) is 0 Å². The molecule has 1 fully saturated rings. The van der Waals surface area contributed by atoms with Crippen LogP contribution in [-0.2, 0) is 12.2 Å². The van der Waals surface area contributed by atoms with Crippen LogP contribution in [0.25, 0.3) is 0 Å². The molecular weight excluding hydrogens is 234 g/mol. The topological polar surface area (TPSA) is 64.9 Å². The monoisotopic (exact) mass is 255 g/mol. The Bertz CT molecular complexity index is 362. The summed E-state index contributed by atoms with van der Waals surface area (Å²) in [6, 6.07) is 0. The summed E-state index contributed by atoms with van der Waals surface area (Å²) in [6.07, 6.45) is 5.27. The zero-order valence-electron chi connectivity index (χ0n) is 10.6. The highest BCUT2D eigenvalue weighted by atomic mass is 32.2. The van der Waals surface area contributed by atoms with Crippen molar-refractivity contribution in [3.63, 3.8) is 0 Å². The molecule has 1 aliphatic rings. The molecule has 0 amide bonds. The van der Waals surface area contributed by atoms with Gasteiger partial charge in [-0.05, 0) is 25.7 Å². The first-order chi connectivity index (χ1) is 8.11. The van der Waals surface area contributed by atoms with E-state index in [0.717, 1.165) is 30.8 Å². The van der Waals surface area contributed by atoms with Crippen LogP contribution in [0.4, 0.5) is 0 Å². The fourth-order valence-electron chi connectivity index (χ4n) is 1.86. The van der Waals surface area contributed by atoms with Gasteiger partial charge in [0.15, 0.2) is 5.82 Å². The van der Waals surface area contributed by atoms with E-state index in [9.17, 15) is 0 Å². The van der Waals surface area contributed by atoms with E-state index in [-0.39, 0.29) is 5.54 Å². The average Bonchev–Trinajstić information content (AvgIpc) is 2.71. The van der Waals surface area contributed by atoms with Crippen LogP contribution in [0, 0.1) is 0 Å². The number of nitrogens with zero attached hydrogens (tertiary/aromatic N) is 2. The highest BCUT2D eigenvalue weighted by Crippen LogP contribution is 2.32. The maximum Gasteiger partial charge on any atom is 0.228 e. The summed E-state index contributed by atoms with van der Waals surface area (Å²) in [5.74, 6) is 2.33. The van der Waals surface area contributed by atoms with Crippen LogP contribution >= 0.6 is 11.8 Å². The van der Waals surface area contributed by atoms with Gasteiger partial charge in [0.2, 0.25) is 5.89 Å². The van der Waals surface area contributed by atoms with Gasteiger partial charge in [0.25, 0.3) is 0 Å². The minimum Gasteiger partial charge on any atom is -0.339 e. The zero-order chi connectivity index (χ0) is 12.3. The first kappa shape index (κ1) is 12.9. The van der Waals surface area contributed by atoms with Gasteiger partial charge in [-0.25, -0.2) is 0 Å². The third-order valence-corrected chi connectivity index (χ3v) is 4.76. The molecule has 0 aliphatic heterocycles. The quantitative estimate of drug-likeness (QED) is 0.846. The fourth-order valence-corrected chi connectivity index (χ4v) is 2.65. The van der Waals surface area contributed by atoms with Gasteiger partial charge in [0.1, 0.15) is 0 Å². The van der Waals surface area contributed by atoms with Crippen LogP contribution in [0.3, 0.4) is 0 Å². The first-order valence-corrected chi connectivity index (χ1v) is 7.38. The molecule has 0 spiro atoms. The van der Waals surface area contributed by atoms with Gasteiger partial charge in [-0.1, -0.05) is 19.0 Å². The van der Waals surface area contributed by atoms with Gasteiger partial charge < -0.3 is 10.3 Å². The lowest BCUT2D eigenvalue weighted by Crippen LogP contribution is -2.48. The Balaban J connectivity index is 1.83. The van der Waals surface area contributed by atoms with Crippen LogP contribution in [-0.4, -0.2) is 20.9 Å². The Kier molecular flexibility index (Phi) is 4.09. The second kappa shape index (κ2) is 5.40. The van der Waals surface area contributed by atoms with Crippen molar-refractivity contribution in [2.45, 2.75) is 62.5 Å². The van der Waals surface area contributed by atoms with Crippen molar-refractivity contribution in [2.75, 3.05) is 0 Å². The maximum absolute atomic E-state index is 6.15.